The Morgan fingerprint density at radius 3 is 2.53 bits per heavy atom. The molecule has 0 saturated carbocycles. The van der Waals surface area contributed by atoms with Gasteiger partial charge in [-0.15, -0.1) is 11.3 Å². The number of carbonyl (C=O) groups is 2. The van der Waals surface area contributed by atoms with Crippen molar-refractivity contribution in [3.63, 3.8) is 0 Å². The maximum absolute atomic E-state index is 13.1. The van der Waals surface area contributed by atoms with Crippen LogP contribution in [0.1, 0.15) is 31.2 Å². The minimum atomic E-state index is -0.528. The highest BCUT2D eigenvalue weighted by molar-refractivity contribution is 9.10. The zero-order valence-corrected chi connectivity index (χ0v) is 18.8. The molecule has 0 aliphatic carbocycles. The third kappa shape index (κ3) is 3.93. The third-order valence-corrected chi connectivity index (χ3v) is 6.24. The lowest BCUT2D eigenvalue weighted by Gasteiger charge is -2.15. The highest BCUT2D eigenvalue weighted by Gasteiger charge is 2.22. The predicted molar refractivity (Wildman–Crippen MR) is 123 cm³/mol. The highest BCUT2D eigenvalue weighted by Crippen LogP contribution is 2.33. The lowest BCUT2D eigenvalue weighted by Crippen LogP contribution is -2.15. The number of rotatable bonds is 5. The summed E-state index contributed by atoms with van der Waals surface area (Å²) in [6.07, 6.45) is 0. The summed E-state index contributed by atoms with van der Waals surface area (Å²) in [7, 11) is 0. The Balaban J connectivity index is 1.81. The van der Waals surface area contributed by atoms with Crippen molar-refractivity contribution in [1.82, 2.24) is 4.98 Å². The van der Waals surface area contributed by atoms with Gasteiger partial charge in [-0.05, 0) is 48.6 Å². The SMILES string of the molecule is Cc1c(-c2ccccc2)nc2c(C)cc(Br)cc2c1C(=O)OCC(=O)c1cccs1. The van der Waals surface area contributed by atoms with Gasteiger partial charge in [-0.1, -0.05) is 52.3 Å². The molecule has 0 N–H and O–H groups in total. The Morgan fingerprint density at radius 1 is 1.07 bits per heavy atom. The van der Waals surface area contributed by atoms with E-state index in [1.165, 1.54) is 11.3 Å². The van der Waals surface area contributed by atoms with Crippen LogP contribution < -0.4 is 0 Å². The van der Waals surface area contributed by atoms with Crippen LogP contribution in [0.4, 0.5) is 0 Å². The molecule has 0 unspecified atom stereocenters. The Kier molecular flexibility index (Phi) is 5.79. The number of ether oxygens (including phenoxy) is 1. The number of pyridine rings is 1. The van der Waals surface area contributed by atoms with E-state index in [4.69, 9.17) is 9.72 Å². The van der Waals surface area contributed by atoms with Gasteiger partial charge in [-0.25, -0.2) is 9.78 Å². The molecule has 30 heavy (non-hydrogen) atoms. The number of thiophene rings is 1. The molecule has 0 saturated heterocycles. The standard InChI is InChI=1S/C24H18BrNO3S/c1-14-11-17(25)12-18-21(24(28)29-13-19(27)20-9-6-10-30-20)15(2)23(26-22(14)18)16-7-4-3-5-8-16/h3-12H,13H2,1-2H3. The average molecular weight is 480 g/mol. The number of ketones is 1. The lowest BCUT2D eigenvalue weighted by molar-refractivity contribution is 0.0477. The number of aromatic nitrogens is 1. The van der Waals surface area contributed by atoms with Crippen molar-refractivity contribution in [2.24, 2.45) is 0 Å². The Labute approximate surface area is 186 Å². The van der Waals surface area contributed by atoms with E-state index in [2.05, 4.69) is 15.9 Å². The summed E-state index contributed by atoms with van der Waals surface area (Å²) in [6, 6.07) is 17.1. The van der Waals surface area contributed by atoms with Gasteiger partial charge >= 0.3 is 5.97 Å². The molecule has 0 fully saturated rings. The zero-order chi connectivity index (χ0) is 21.3. The Bertz CT molecular complexity index is 1250. The molecular formula is C24H18BrNO3S. The largest absolute Gasteiger partial charge is 0.454 e. The summed E-state index contributed by atoms with van der Waals surface area (Å²) in [5.74, 6) is -0.741. The van der Waals surface area contributed by atoms with Gasteiger partial charge in [0.05, 0.1) is 21.7 Å². The molecule has 0 amide bonds. The van der Waals surface area contributed by atoms with E-state index >= 15 is 0 Å². The molecule has 4 nitrogen and oxygen atoms in total. The van der Waals surface area contributed by atoms with Crippen LogP contribution in [0.15, 0.2) is 64.5 Å². The number of hydrogen-bond acceptors (Lipinski definition) is 5. The monoisotopic (exact) mass is 479 g/mol. The molecule has 4 aromatic rings. The van der Waals surface area contributed by atoms with Crippen molar-refractivity contribution in [2.45, 2.75) is 13.8 Å². The maximum Gasteiger partial charge on any atom is 0.339 e. The summed E-state index contributed by atoms with van der Waals surface area (Å²) in [5.41, 5.74) is 4.48. The lowest BCUT2D eigenvalue weighted by atomic mass is 9.96. The number of halogens is 1. The minimum absolute atomic E-state index is 0.213. The quantitative estimate of drug-likeness (QED) is 0.246. The van der Waals surface area contributed by atoms with E-state index in [0.29, 0.717) is 15.8 Å². The molecule has 4 rings (SSSR count). The summed E-state index contributed by atoms with van der Waals surface area (Å²) >= 11 is 4.84. The predicted octanol–water partition coefficient (Wildman–Crippen LogP) is 6.38. The first-order chi connectivity index (χ1) is 14.5. The summed E-state index contributed by atoms with van der Waals surface area (Å²) in [5, 5.41) is 2.52. The number of carbonyl (C=O) groups excluding carboxylic acids is 2. The van der Waals surface area contributed by atoms with Crippen molar-refractivity contribution in [2.75, 3.05) is 6.61 Å². The third-order valence-electron chi connectivity index (χ3n) is 4.87. The van der Waals surface area contributed by atoms with E-state index in [-0.39, 0.29) is 12.4 Å². The van der Waals surface area contributed by atoms with Crippen LogP contribution in [0.2, 0.25) is 0 Å². The number of fused-ring (bicyclic) bond motifs is 1. The summed E-state index contributed by atoms with van der Waals surface area (Å²) in [4.78, 5) is 30.9. The minimum Gasteiger partial charge on any atom is -0.454 e. The molecule has 0 bridgehead atoms. The second-order valence-corrected chi connectivity index (χ2v) is 8.79. The highest BCUT2D eigenvalue weighted by atomic mass is 79.9. The topological polar surface area (TPSA) is 56.3 Å². The molecule has 0 radical (unpaired) electrons. The molecule has 0 aliphatic heterocycles. The maximum atomic E-state index is 13.1. The van der Waals surface area contributed by atoms with Crippen LogP contribution in [0.5, 0.6) is 0 Å². The molecule has 2 aromatic heterocycles. The van der Waals surface area contributed by atoms with Crippen molar-refractivity contribution in [1.29, 1.82) is 0 Å². The molecule has 0 spiro atoms. The van der Waals surface area contributed by atoms with Crippen LogP contribution in [0, 0.1) is 13.8 Å². The molecule has 0 atom stereocenters. The van der Waals surface area contributed by atoms with Crippen LogP contribution >= 0.6 is 27.3 Å². The van der Waals surface area contributed by atoms with Crippen molar-refractivity contribution < 1.29 is 14.3 Å². The number of Topliss-reactive ketones (excluding diaryl/α,β-unsaturated/α-hetero) is 1. The fourth-order valence-electron chi connectivity index (χ4n) is 3.44. The van der Waals surface area contributed by atoms with Crippen molar-refractivity contribution >= 4 is 49.9 Å². The summed E-state index contributed by atoms with van der Waals surface area (Å²) in [6.45, 7) is 3.53. The molecular weight excluding hydrogens is 462 g/mol. The van der Waals surface area contributed by atoms with Crippen LogP contribution in [0.3, 0.4) is 0 Å². The van der Waals surface area contributed by atoms with Gasteiger partial charge in [0, 0.05) is 15.4 Å². The van der Waals surface area contributed by atoms with Gasteiger partial charge in [0.25, 0.3) is 0 Å². The first-order valence-electron chi connectivity index (χ1n) is 9.35. The van der Waals surface area contributed by atoms with E-state index < -0.39 is 5.97 Å². The summed E-state index contributed by atoms with van der Waals surface area (Å²) < 4.78 is 6.30. The van der Waals surface area contributed by atoms with Gasteiger partial charge in [-0.2, -0.15) is 0 Å². The Morgan fingerprint density at radius 2 is 1.83 bits per heavy atom. The first kappa shape index (κ1) is 20.4. The van der Waals surface area contributed by atoms with Gasteiger partial charge < -0.3 is 4.74 Å². The van der Waals surface area contributed by atoms with E-state index in [1.54, 1.807) is 12.1 Å². The first-order valence-corrected chi connectivity index (χ1v) is 11.0. The Hall–Kier alpha value is -2.83. The number of hydrogen-bond donors (Lipinski definition) is 0. The molecule has 150 valence electrons. The van der Waals surface area contributed by atoms with E-state index in [0.717, 1.165) is 32.4 Å². The molecule has 0 aliphatic rings. The van der Waals surface area contributed by atoms with Crippen molar-refractivity contribution in [3.05, 3.63) is 86.0 Å². The van der Waals surface area contributed by atoms with E-state index in [1.807, 2.05) is 61.7 Å². The fourth-order valence-corrected chi connectivity index (χ4v) is 4.67. The molecule has 2 aromatic carbocycles. The fraction of sp³-hybridized carbons (Fsp3) is 0.125. The van der Waals surface area contributed by atoms with Gasteiger partial charge in [0.2, 0.25) is 5.78 Å². The number of benzene rings is 2. The average Bonchev–Trinajstić information content (AvgIpc) is 3.27. The van der Waals surface area contributed by atoms with E-state index in [9.17, 15) is 9.59 Å². The second kappa shape index (κ2) is 8.50. The van der Waals surface area contributed by atoms with Crippen LogP contribution in [-0.4, -0.2) is 23.3 Å². The molecule has 6 heteroatoms. The van der Waals surface area contributed by atoms with Crippen LogP contribution in [0.25, 0.3) is 22.2 Å². The second-order valence-electron chi connectivity index (χ2n) is 6.92. The number of aryl methyl sites for hydroxylation is 1. The number of nitrogens with zero attached hydrogens (tertiary/aromatic N) is 1. The molecule has 2 heterocycles. The van der Waals surface area contributed by atoms with Gasteiger partial charge in [0.15, 0.2) is 6.61 Å². The smallest absolute Gasteiger partial charge is 0.339 e. The number of esters is 1. The normalized spacial score (nSPS) is 10.9. The van der Waals surface area contributed by atoms with Gasteiger partial charge in [-0.3, -0.25) is 4.79 Å². The van der Waals surface area contributed by atoms with Crippen LogP contribution in [-0.2, 0) is 4.74 Å². The van der Waals surface area contributed by atoms with Gasteiger partial charge in [0.1, 0.15) is 0 Å². The van der Waals surface area contributed by atoms with Crippen molar-refractivity contribution in [3.8, 4) is 11.3 Å². The zero-order valence-electron chi connectivity index (χ0n) is 16.4.